The summed E-state index contributed by atoms with van der Waals surface area (Å²) in [4.78, 5) is 1.15. The highest BCUT2D eigenvalue weighted by Gasteiger charge is 2.21. The van der Waals surface area contributed by atoms with Gasteiger partial charge in [-0.1, -0.05) is 29.7 Å². The fourth-order valence-corrected chi connectivity index (χ4v) is 3.70. The summed E-state index contributed by atoms with van der Waals surface area (Å²) in [5, 5.41) is 2.96. The van der Waals surface area contributed by atoms with E-state index < -0.39 is 0 Å². The smallest absolute Gasteiger partial charge is 0.0777 e. The number of hydrogen-bond donors (Lipinski definition) is 2. The number of allylic oxidation sites excluding steroid dienone is 1. The first kappa shape index (κ1) is 13.1. The van der Waals surface area contributed by atoms with Crippen molar-refractivity contribution in [1.82, 2.24) is 5.43 Å². The first-order valence-electron chi connectivity index (χ1n) is 6.12. The van der Waals surface area contributed by atoms with Gasteiger partial charge in [0.1, 0.15) is 0 Å². The van der Waals surface area contributed by atoms with E-state index >= 15 is 0 Å². The van der Waals surface area contributed by atoms with Crippen molar-refractivity contribution < 1.29 is 0 Å². The zero-order chi connectivity index (χ0) is 12.3. The van der Waals surface area contributed by atoms with Crippen LogP contribution in [0.25, 0.3) is 0 Å². The van der Waals surface area contributed by atoms with Crippen LogP contribution in [0, 0.1) is 6.92 Å². The lowest BCUT2D eigenvalue weighted by molar-refractivity contribution is 0.600. The minimum atomic E-state index is 0.0966. The Hall–Kier alpha value is -0.350. The van der Waals surface area contributed by atoms with E-state index in [0.29, 0.717) is 0 Å². The number of thiophene rings is 1. The van der Waals surface area contributed by atoms with Crippen molar-refractivity contribution in [3.63, 3.8) is 0 Å². The number of nitrogens with one attached hydrogen (secondary N) is 1. The van der Waals surface area contributed by atoms with Gasteiger partial charge in [0, 0.05) is 4.88 Å². The summed E-state index contributed by atoms with van der Waals surface area (Å²) < 4.78 is 0. The first-order valence-corrected chi connectivity index (χ1v) is 7.38. The molecule has 1 aliphatic rings. The lowest BCUT2D eigenvalue weighted by Crippen LogP contribution is -2.29. The molecule has 1 atom stereocenters. The topological polar surface area (TPSA) is 38.0 Å². The molecule has 0 aromatic carbocycles. The third kappa shape index (κ3) is 2.91. The van der Waals surface area contributed by atoms with Gasteiger partial charge in [-0.15, -0.1) is 11.3 Å². The Morgan fingerprint density at radius 2 is 2.24 bits per heavy atom. The highest BCUT2D eigenvalue weighted by atomic mass is 35.5. The van der Waals surface area contributed by atoms with Crippen LogP contribution in [-0.2, 0) is 0 Å². The van der Waals surface area contributed by atoms with Crippen LogP contribution in [0.2, 0.25) is 5.02 Å². The number of aryl methyl sites for hydroxylation is 1. The Morgan fingerprint density at radius 3 is 2.88 bits per heavy atom. The molecule has 3 N–H and O–H groups in total. The van der Waals surface area contributed by atoms with Crippen molar-refractivity contribution in [3.8, 4) is 0 Å². The third-order valence-corrected chi connectivity index (χ3v) is 5.08. The molecular formula is C13H19ClN2S. The third-order valence-electron chi connectivity index (χ3n) is 3.30. The van der Waals surface area contributed by atoms with E-state index in [2.05, 4.69) is 16.9 Å². The molecule has 1 aromatic heterocycles. The molecule has 1 unspecified atom stereocenters. The minimum Gasteiger partial charge on any atom is -0.271 e. The first-order chi connectivity index (χ1) is 8.24. The summed E-state index contributed by atoms with van der Waals surface area (Å²) in [6.45, 7) is 2.04. The number of halogens is 1. The van der Waals surface area contributed by atoms with Crippen LogP contribution in [0.1, 0.15) is 48.6 Å². The SMILES string of the molecule is Cc1csc(C(NN)C2=CCCCCC2)c1Cl. The fraction of sp³-hybridized carbons (Fsp3) is 0.538. The molecule has 0 saturated heterocycles. The summed E-state index contributed by atoms with van der Waals surface area (Å²) in [5.74, 6) is 5.72. The molecule has 0 amide bonds. The molecule has 0 radical (unpaired) electrons. The van der Waals surface area contributed by atoms with Crippen molar-refractivity contribution in [3.05, 3.63) is 32.5 Å². The molecule has 0 fully saturated rings. The van der Waals surface area contributed by atoms with Crippen LogP contribution in [0.5, 0.6) is 0 Å². The molecule has 0 spiro atoms. The highest BCUT2D eigenvalue weighted by molar-refractivity contribution is 7.10. The fourth-order valence-electron chi connectivity index (χ4n) is 2.30. The summed E-state index contributed by atoms with van der Waals surface area (Å²) >= 11 is 8.02. The summed E-state index contributed by atoms with van der Waals surface area (Å²) in [6.07, 6.45) is 8.49. The largest absolute Gasteiger partial charge is 0.271 e. The predicted octanol–water partition coefficient (Wildman–Crippen LogP) is 4.10. The van der Waals surface area contributed by atoms with Crippen LogP contribution in [0.15, 0.2) is 17.0 Å². The van der Waals surface area contributed by atoms with Crippen molar-refractivity contribution in [2.45, 2.75) is 45.1 Å². The van der Waals surface area contributed by atoms with Crippen molar-refractivity contribution in [1.29, 1.82) is 0 Å². The lowest BCUT2D eigenvalue weighted by atomic mass is 10.0. The van der Waals surface area contributed by atoms with Gasteiger partial charge in [0.2, 0.25) is 0 Å². The number of nitrogens with two attached hydrogens (primary N) is 1. The van der Waals surface area contributed by atoms with Gasteiger partial charge in [0.15, 0.2) is 0 Å². The molecule has 0 saturated carbocycles. The van der Waals surface area contributed by atoms with E-state index in [0.717, 1.165) is 28.3 Å². The molecular weight excluding hydrogens is 252 g/mol. The van der Waals surface area contributed by atoms with Gasteiger partial charge in [0.05, 0.1) is 11.1 Å². The van der Waals surface area contributed by atoms with E-state index in [4.69, 9.17) is 17.4 Å². The highest BCUT2D eigenvalue weighted by Crippen LogP contribution is 2.37. The average molecular weight is 271 g/mol. The predicted molar refractivity (Wildman–Crippen MR) is 75.3 cm³/mol. The Morgan fingerprint density at radius 1 is 1.41 bits per heavy atom. The van der Waals surface area contributed by atoms with Crippen molar-refractivity contribution in [2.24, 2.45) is 5.84 Å². The summed E-state index contributed by atoms with van der Waals surface area (Å²) in [6, 6.07) is 0.0966. The van der Waals surface area contributed by atoms with Crippen molar-refractivity contribution in [2.75, 3.05) is 0 Å². The Kier molecular flexibility index (Phi) is 4.62. The van der Waals surface area contributed by atoms with E-state index in [1.807, 2.05) is 6.92 Å². The monoisotopic (exact) mass is 270 g/mol. The molecule has 1 heterocycles. The van der Waals surface area contributed by atoms with Gasteiger partial charge >= 0.3 is 0 Å². The minimum absolute atomic E-state index is 0.0966. The quantitative estimate of drug-likeness (QED) is 0.493. The standard InChI is InChI=1S/C13H19ClN2S/c1-9-8-17-13(11(9)14)12(16-15)10-6-4-2-3-5-7-10/h6,8,12,16H,2-5,7,15H2,1H3. The molecule has 2 nitrogen and oxygen atoms in total. The van der Waals surface area contributed by atoms with Crippen molar-refractivity contribution >= 4 is 22.9 Å². The zero-order valence-electron chi connectivity index (χ0n) is 10.1. The average Bonchev–Trinajstić information content (AvgIpc) is 2.59. The molecule has 0 aliphatic heterocycles. The van der Waals surface area contributed by atoms with Crippen LogP contribution >= 0.6 is 22.9 Å². The van der Waals surface area contributed by atoms with Gasteiger partial charge in [-0.3, -0.25) is 5.84 Å². The number of hydrogen-bond acceptors (Lipinski definition) is 3. The van der Waals surface area contributed by atoms with E-state index in [1.54, 1.807) is 11.3 Å². The number of hydrazine groups is 1. The van der Waals surface area contributed by atoms with Gasteiger partial charge < -0.3 is 0 Å². The molecule has 2 rings (SSSR count). The molecule has 4 heteroatoms. The second-order valence-corrected chi connectivity index (χ2v) is 5.86. The normalized spacial score (nSPS) is 18.6. The Labute approximate surface area is 112 Å². The van der Waals surface area contributed by atoms with Gasteiger partial charge in [0.25, 0.3) is 0 Å². The molecule has 1 aliphatic carbocycles. The second kappa shape index (κ2) is 6.01. The molecule has 1 aromatic rings. The van der Waals surface area contributed by atoms with E-state index in [1.165, 1.54) is 24.8 Å². The maximum absolute atomic E-state index is 6.33. The number of rotatable bonds is 3. The maximum Gasteiger partial charge on any atom is 0.0777 e. The van der Waals surface area contributed by atoms with Gasteiger partial charge in [-0.2, -0.15) is 0 Å². The zero-order valence-corrected chi connectivity index (χ0v) is 11.7. The van der Waals surface area contributed by atoms with Crippen LogP contribution < -0.4 is 11.3 Å². The Bertz CT molecular complexity index is 412. The Balaban J connectivity index is 2.26. The lowest BCUT2D eigenvalue weighted by Gasteiger charge is -2.18. The molecule has 94 valence electrons. The van der Waals surface area contributed by atoms with Crippen LogP contribution in [0.3, 0.4) is 0 Å². The van der Waals surface area contributed by atoms with E-state index in [9.17, 15) is 0 Å². The maximum atomic E-state index is 6.33. The second-order valence-electron chi connectivity index (χ2n) is 4.58. The van der Waals surface area contributed by atoms with Crippen LogP contribution in [0.4, 0.5) is 0 Å². The van der Waals surface area contributed by atoms with Gasteiger partial charge in [-0.25, -0.2) is 5.43 Å². The van der Waals surface area contributed by atoms with E-state index in [-0.39, 0.29) is 6.04 Å². The van der Waals surface area contributed by atoms with Crippen LogP contribution in [-0.4, -0.2) is 0 Å². The molecule has 17 heavy (non-hydrogen) atoms. The van der Waals surface area contributed by atoms with Gasteiger partial charge in [-0.05, 0) is 43.6 Å². The summed E-state index contributed by atoms with van der Waals surface area (Å²) in [7, 11) is 0. The molecule has 0 bridgehead atoms. The summed E-state index contributed by atoms with van der Waals surface area (Å²) in [5.41, 5.74) is 5.46.